The van der Waals surface area contributed by atoms with Crippen LogP contribution >= 0.6 is 22.6 Å². The van der Waals surface area contributed by atoms with Crippen molar-refractivity contribution < 1.29 is 9.53 Å². The molecule has 3 heteroatoms. The maximum Gasteiger partial charge on any atom is 0.338 e. The lowest BCUT2D eigenvalue weighted by molar-refractivity contribution is 0.0472. The number of halogens is 1. The molecule has 0 atom stereocenters. The van der Waals surface area contributed by atoms with Gasteiger partial charge in [-0.25, -0.2) is 4.79 Å². The maximum absolute atomic E-state index is 11.4. The lowest BCUT2D eigenvalue weighted by atomic mass is 10.2. The third-order valence-corrected chi connectivity index (χ3v) is 2.60. The van der Waals surface area contributed by atoms with Crippen LogP contribution in [0.4, 0.5) is 0 Å². The molecule has 13 heavy (non-hydrogen) atoms. The van der Waals surface area contributed by atoms with Gasteiger partial charge in [0, 0.05) is 3.57 Å². The van der Waals surface area contributed by atoms with Gasteiger partial charge in [0.25, 0.3) is 0 Å². The van der Waals surface area contributed by atoms with Crippen LogP contribution < -0.4 is 0 Å². The van der Waals surface area contributed by atoms with Gasteiger partial charge in [-0.2, -0.15) is 0 Å². The first-order valence-corrected chi connectivity index (χ1v) is 5.30. The molecule has 0 radical (unpaired) electrons. The van der Waals surface area contributed by atoms with Gasteiger partial charge in [0.2, 0.25) is 0 Å². The van der Waals surface area contributed by atoms with Gasteiger partial charge in [-0.15, -0.1) is 0 Å². The SMILES string of the molecule is O=C(OC1CC1)c1ccc(I)cc1. The molecule has 1 aromatic rings. The number of ether oxygens (including phenoxy) is 1. The summed E-state index contributed by atoms with van der Waals surface area (Å²) in [5.74, 6) is -0.195. The van der Waals surface area contributed by atoms with E-state index in [1.54, 1.807) is 12.1 Å². The minimum Gasteiger partial charge on any atom is -0.459 e. The molecular weight excluding hydrogens is 279 g/mol. The lowest BCUT2D eigenvalue weighted by Crippen LogP contribution is -2.06. The van der Waals surface area contributed by atoms with E-state index in [2.05, 4.69) is 22.6 Å². The van der Waals surface area contributed by atoms with Crippen LogP contribution in [-0.2, 0) is 4.74 Å². The minimum absolute atomic E-state index is 0.187. The van der Waals surface area contributed by atoms with Gasteiger partial charge in [-0.3, -0.25) is 0 Å². The zero-order valence-electron chi connectivity index (χ0n) is 7.00. The van der Waals surface area contributed by atoms with E-state index < -0.39 is 0 Å². The summed E-state index contributed by atoms with van der Waals surface area (Å²) < 4.78 is 6.27. The van der Waals surface area contributed by atoms with Crippen molar-refractivity contribution in [2.45, 2.75) is 18.9 Å². The number of carbonyl (C=O) groups is 1. The van der Waals surface area contributed by atoms with Crippen LogP contribution in [0.3, 0.4) is 0 Å². The fourth-order valence-corrected chi connectivity index (χ4v) is 1.35. The van der Waals surface area contributed by atoms with Gasteiger partial charge in [-0.05, 0) is 59.7 Å². The van der Waals surface area contributed by atoms with E-state index >= 15 is 0 Å². The summed E-state index contributed by atoms with van der Waals surface area (Å²) in [6.45, 7) is 0. The molecule has 0 bridgehead atoms. The van der Waals surface area contributed by atoms with Gasteiger partial charge in [0.1, 0.15) is 6.10 Å². The van der Waals surface area contributed by atoms with Crippen molar-refractivity contribution in [3.8, 4) is 0 Å². The highest BCUT2D eigenvalue weighted by Crippen LogP contribution is 2.24. The molecule has 1 aliphatic carbocycles. The van der Waals surface area contributed by atoms with Crippen molar-refractivity contribution in [3.05, 3.63) is 33.4 Å². The summed E-state index contributed by atoms with van der Waals surface area (Å²) in [5, 5.41) is 0. The predicted molar refractivity (Wildman–Crippen MR) is 57.6 cm³/mol. The van der Waals surface area contributed by atoms with Gasteiger partial charge in [0.05, 0.1) is 5.56 Å². The number of carbonyl (C=O) groups excluding carboxylic acids is 1. The predicted octanol–water partition coefficient (Wildman–Crippen LogP) is 2.61. The van der Waals surface area contributed by atoms with E-state index in [-0.39, 0.29) is 12.1 Å². The second-order valence-electron chi connectivity index (χ2n) is 3.11. The average molecular weight is 288 g/mol. The third kappa shape index (κ3) is 2.43. The van der Waals surface area contributed by atoms with Gasteiger partial charge in [0.15, 0.2) is 0 Å². The van der Waals surface area contributed by atoms with Crippen molar-refractivity contribution in [3.63, 3.8) is 0 Å². The Kier molecular flexibility index (Phi) is 2.53. The summed E-state index contributed by atoms with van der Waals surface area (Å²) in [5.41, 5.74) is 0.646. The largest absolute Gasteiger partial charge is 0.459 e. The van der Waals surface area contributed by atoms with E-state index in [4.69, 9.17) is 4.74 Å². The molecule has 0 unspecified atom stereocenters. The van der Waals surface area contributed by atoms with Crippen LogP contribution in [0, 0.1) is 3.57 Å². The van der Waals surface area contributed by atoms with Crippen molar-refractivity contribution in [1.82, 2.24) is 0 Å². The van der Waals surface area contributed by atoms with Crippen molar-refractivity contribution >= 4 is 28.6 Å². The number of hydrogen-bond donors (Lipinski definition) is 0. The van der Waals surface area contributed by atoms with Gasteiger partial charge < -0.3 is 4.74 Å². The van der Waals surface area contributed by atoms with E-state index in [0.29, 0.717) is 5.56 Å². The highest BCUT2D eigenvalue weighted by molar-refractivity contribution is 14.1. The lowest BCUT2D eigenvalue weighted by Gasteiger charge is -2.01. The number of esters is 1. The molecule has 1 aromatic carbocycles. The first kappa shape index (κ1) is 8.99. The zero-order valence-corrected chi connectivity index (χ0v) is 9.15. The Morgan fingerprint density at radius 3 is 2.46 bits per heavy atom. The fourth-order valence-electron chi connectivity index (χ4n) is 0.991. The molecule has 68 valence electrons. The molecular formula is C10H9IO2. The smallest absolute Gasteiger partial charge is 0.338 e. The van der Waals surface area contributed by atoms with Crippen molar-refractivity contribution in [2.75, 3.05) is 0 Å². The molecule has 0 N–H and O–H groups in total. The number of rotatable bonds is 2. The molecule has 0 saturated heterocycles. The van der Waals surface area contributed by atoms with Gasteiger partial charge >= 0.3 is 5.97 Å². The summed E-state index contributed by atoms with van der Waals surface area (Å²) in [7, 11) is 0. The molecule has 1 fully saturated rings. The van der Waals surface area contributed by atoms with E-state index in [0.717, 1.165) is 16.4 Å². The molecule has 1 aliphatic rings. The van der Waals surface area contributed by atoms with Crippen molar-refractivity contribution in [2.24, 2.45) is 0 Å². The Hall–Kier alpha value is -0.580. The topological polar surface area (TPSA) is 26.3 Å². The highest BCUT2D eigenvalue weighted by atomic mass is 127. The fraction of sp³-hybridized carbons (Fsp3) is 0.300. The normalized spacial score (nSPS) is 15.5. The van der Waals surface area contributed by atoms with Crippen LogP contribution in [-0.4, -0.2) is 12.1 Å². The van der Waals surface area contributed by atoms with E-state index in [9.17, 15) is 4.79 Å². The monoisotopic (exact) mass is 288 g/mol. The molecule has 2 nitrogen and oxygen atoms in total. The van der Waals surface area contributed by atoms with Crippen LogP contribution in [0.15, 0.2) is 24.3 Å². The van der Waals surface area contributed by atoms with Crippen LogP contribution in [0.1, 0.15) is 23.2 Å². The quantitative estimate of drug-likeness (QED) is 0.617. The molecule has 1 saturated carbocycles. The second-order valence-corrected chi connectivity index (χ2v) is 4.36. The minimum atomic E-state index is -0.195. The Morgan fingerprint density at radius 1 is 1.31 bits per heavy atom. The molecule has 2 rings (SSSR count). The summed E-state index contributed by atoms with van der Waals surface area (Å²) >= 11 is 2.21. The first-order chi connectivity index (χ1) is 6.25. The van der Waals surface area contributed by atoms with Gasteiger partial charge in [-0.1, -0.05) is 0 Å². The van der Waals surface area contributed by atoms with Crippen molar-refractivity contribution in [1.29, 1.82) is 0 Å². The van der Waals surface area contributed by atoms with E-state index in [1.165, 1.54) is 0 Å². The molecule has 0 spiro atoms. The molecule has 0 aliphatic heterocycles. The zero-order chi connectivity index (χ0) is 9.26. The Bertz CT molecular complexity index is 314. The first-order valence-electron chi connectivity index (χ1n) is 4.22. The summed E-state index contributed by atoms with van der Waals surface area (Å²) in [4.78, 5) is 11.4. The van der Waals surface area contributed by atoms with Crippen LogP contribution in [0.2, 0.25) is 0 Å². The third-order valence-electron chi connectivity index (χ3n) is 1.88. The number of hydrogen-bond acceptors (Lipinski definition) is 2. The molecule has 0 amide bonds. The average Bonchev–Trinajstić information content (AvgIpc) is 2.89. The Morgan fingerprint density at radius 2 is 1.92 bits per heavy atom. The Balaban J connectivity index is 2.05. The number of benzene rings is 1. The van der Waals surface area contributed by atoms with E-state index in [1.807, 2.05) is 12.1 Å². The van der Waals surface area contributed by atoms with Crippen LogP contribution in [0.5, 0.6) is 0 Å². The second kappa shape index (κ2) is 3.65. The Labute approximate surface area is 90.4 Å². The molecule has 0 heterocycles. The standard InChI is InChI=1S/C10H9IO2/c11-8-3-1-7(2-4-8)10(12)13-9-5-6-9/h1-4,9H,5-6H2. The highest BCUT2D eigenvalue weighted by Gasteiger charge is 2.26. The summed E-state index contributed by atoms with van der Waals surface area (Å²) in [6, 6.07) is 7.41. The van der Waals surface area contributed by atoms with Crippen LogP contribution in [0.25, 0.3) is 0 Å². The maximum atomic E-state index is 11.4. The molecule has 0 aromatic heterocycles. The summed E-state index contributed by atoms with van der Waals surface area (Å²) in [6.07, 6.45) is 2.23.